The van der Waals surface area contributed by atoms with E-state index in [1.807, 2.05) is 0 Å². The maximum atomic E-state index is 11.6. The van der Waals surface area contributed by atoms with E-state index >= 15 is 0 Å². The fourth-order valence-electron chi connectivity index (χ4n) is 1.47. The lowest BCUT2D eigenvalue weighted by molar-refractivity contribution is -0.122. The van der Waals surface area contributed by atoms with Gasteiger partial charge in [0.2, 0.25) is 11.8 Å². The minimum atomic E-state index is -0.286. The van der Waals surface area contributed by atoms with Gasteiger partial charge in [0, 0.05) is 29.2 Å². The minimum Gasteiger partial charge on any atom is -0.351 e. The summed E-state index contributed by atoms with van der Waals surface area (Å²) in [7, 11) is 0. The molecule has 1 rings (SSSR count). The van der Waals surface area contributed by atoms with Crippen molar-refractivity contribution in [2.24, 2.45) is 0 Å². The van der Waals surface area contributed by atoms with Crippen LogP contribution in [0.4, 0.5) is 5.69 Å². The summed E-state index contributed by atoms with van der Waals surface area (Å²) in [6, 6.07) is 4.72. The molecule has 0 bridgehead atoms. The third-order valence-electron chi connectivity index (χ3n) is 2.28. The Balaban J connectivity index is 2.91. The summed E-state index contributed by atoms with van der Waals surface area (Å²) in [5, 5.41) is 3.41. The topological polar surface area (TPSA) is 49.4 Å². The predicted molar refractivity (Wildman–Crippen MR) is 77.7 cm³/mol. The van der Waals surface area contributed by atoms with Crippen molar-refractivity contribution >= 4 is 40.7 Å². The van der Waals surface area contributed by atoms with Crippen molar-refractivity contribution in [2.75, 3.05) is 18.0 Å². The van der Waals surface area contributed by atoms with Gasteiger partial charge in [-0.25, -0.2) is 0 Å². The smallest absolute Gasteiger partial charge is 0.240 e. The number of nitrogens with zero attached hydrogens (tertiary/aromatic N) is 1. The zero-order valence-electron chi connectivity index (χ0n) is 10.5. The quantitative estimate of drug-likeness (QED) is 0.850. The van der Waals surface area contributed by atoms with Gasteiger partial charge in [0.25, 0.3) is 0 Å². The number of hydrogen-bond donors (Lipinski definition) is 1. The van der Waals surface area contributed by atoms with Crippen molar-refractivity contribution in [3.8, 4) is 0 Å². The van der Waals surface area contributed by atoms with Crippen LogP contribution in [0, 0.1) is 0 Å². The van der Waals surface area contributed by atoms with Crippen LogP contribution in [0.15, 0.2) is 30.9 Å². The average Bonchev–Trinajstić information content (AvgIpc) is 2.31. The fourth-order valence-corrected chi connectivity index (χ4v) is 1.98. The molecule has 0 radical (unpaired) electrons. The highest BCUT2D eigenvalue weighted by Gasteiger charge is 2.16. The van der Waals surface area contributed by atoms with Crippen molar-refractivity contribution in [1.82, 2.24) is 5.32 Å². The Morgan fingerprint density at radius 3 is 2.37 bits per heavy atom. The van der Waals surface area contributed by atoms with Gasteiger partial charge in [-0.1, -0.05) is 29.3 Å². The van der Waals surface area contributed by atoms with Crippen LogP contribution in [-0.4, -0.2) is 24.9 Å². The van der Waals surface area contributed by atoms with Gasteiger partial charge in [-0.2, -0.15) is 0 Å². The molecule has 0 fully saturated rings. The third kappa shape index (κ3) is 4.93. The van der Waals surface area contributed by atoms with Gasteiger partial charge >= 0.3 is 0 Å². The number of rotatable bonds is 5. The summed E-state index contributed by atoms with van der Waals surface area (Å²) in [5.74, 6) is -0.557. The highest BCUT2D eigenvalue weighted by molar-refractivity contribution is 6.35. The SMILES string of the molecule is C=CCNC(=O)CN(C(C)=O)c1cc(Cl)cc(Cl)c1. The van der Waals surface area contributed by atoms with E-state index in [2.05, 4.69) is 11.9 Å². The molecule has 2 amide bonds. The summed E-state index contributed by atoms with van der Waals surface area (Å²) in [6.45, 7) is 5.12. The van der Waals surface area contributed by atoms with E-state index in [1.54, 1.807) is 24.3 Å². The molecule has 4 nitrogen and oxygen atoms in total. The summed E-state index contributed by atoms with van der Waals surface area (Å²) in [5.41, 5.74) is 0.485. The second-order valence-electron chi connectivity index (χ2n) is 3.83. The number of hydrogen-bond acceptors (Lipinski definition) is 2. The normalized spacial score (nSPS) is 9.84. The van der Waals surface area contributed by atoms with Gasteiger partial charge in [0.1, 0.15) is 6.54 Å². The average molecular weight is 301 g/mol. The minimum absolute atomic E-state index is 0.0974. The van der Waals surface area contributed by atoms with E-state index in [0.29, 0.717) is 22.3 Å². The highest BCUT2D eigenvalue weighted by Crippen LogP contribution is 2.25. The lowest BCUT2D eigenvalue weighted by Crippen LogP contribution is -2.39. The Morgan fingerprint density at radius 2 is 1.89 bits per heavy atom. The molecule has 0 atom stereocenters. The molecule has 1 aromatic rings. The van der Waals surface area contributed by atoms with Crippen molar-refractivity contribution in [3.63, 3.8) is 0 Å². The fraction of sp³-hybridized carbons (Fsp3) is 0.231. The van der Waals surface area contributed by atoms with E-state index in [-0.39, 0.29) is 18.4 Å². The third-order valence-corrected chi connectivity index (χ3v) is 2.72. The summed E-state index contributed by atoms with van der Waals surface area (Å²) in [6.07, 6.45) is 1.56. The van der Waals surface area contributed by atoms with E-state index < -0.39 is 0 Å². The summed E-state index contributed by atoms with van der Waals surface area (Å²) >= 11 is 11.8. The molecule has 0 unspecified atom stereocenters. The summed E-state index contributed by atoms with van der Waals surface area (Å²) < 4.78 is 0. The number of benzene rings is 1. The lowest BCUT2D eigenvalue weighted by Gasteiger charge is -2.21. The molecule has 102 valence electrons. The second kappa shape index (κ2) is 7.16. The molecular weight excluding hydrogens is 287 g/mol. The van der Waals surface area contributed by atoms with E-state index in [0.717, 1.165) is 0 Å². The zero-order valence-corrected chi connectivity index (χ0v) is 12.0. The van der Waals surface area contributed by atoms with E-state index in [9.17, 15) is 9.59 Å². The number of carbonyl (C=O) groups is 2. The molecule has 1 aromatic carbocycles. The number of amides is 2. The first-order valence-electron chi connectivity index (χ1n) is 5.56. The molecule has 0 aliphatic rings. The number of halogens is 2. The first-order chi connectivity index (χ1) is 8.93. The Morgan fingerprint density at radius 1 is 1.32 bits per heavy atom. The molecule has 0 saturated heterocycles. The highest BCUT2D eigenvalue weighted by atomic mass is 35.5. The van der Waals surface area contributed by atoms with Crippen molar-refractivity contribution < 1.29 is 9.59 Å². The van der Waals surface area contributed by atoms with Gasteiger partial charge in [0.05, 0.1) is 0 Å². The molecule has 19 heavy (non-hydrogen) atoms. The number of carbonyl (C=O) groups excluding carboxylic acids is 2. The molecule has 6 heteroatoms. The standard InChI is InChI=1S/C13H14Cl2N2O2/c1-3-4-16-13(19)8-17(9(2)18)12-6-10(14)5-11(15)7-12/h3,5-7H,1,4,8H2,2H3,(H,16,19). The Hall–Kier alpha value is -1.52. The molecule has 0 spiro atoms. The number of nitrogens with one attached hydrogen (secondary N) is 1. The van der Waals surface area contributed by atoms with Gasteiger partial charge in [-0.05, 0) is 18.2 Å². The van der Waals surface area contributed by atoms with Crippen LogP contribution in [0.3, 0.4) is 0 Å². The molecule has 0 saturated carbocycles. The van der Waals surface area contributed by atoms with Gasteiger partial charge < -0.3 is 10.2 Å². The van der Waals surface area contributed by atoms with Crippen LogP contribution in [0.1, 0.15) is 6.92 Å². The van der Waals surface area contributed by atoms with Crippen LogP contribution < -0.4 is 10.2 Å². The molecule has 1 N–H and O–H groups in total. The zero-order chi connectivity index (χ0) is 14.4. The maximum absolute atomic E-state index is 11.6. The van der Waals surface area contributed by atoms with E-state index in [1.165, 1.54) is 11.8 Å². The molecule has 0 aliphatic heterocycles. The largest absolute Gasteiger partial charge is 0.351 e. The molecule has 0 aliphatic carbocycles. The van der Waals surface area contributed by atoms with Gasteiger partial charge in [0.15, 0.2) is 0 Å². The Labute approximate surface area is 122 Å². The Kier molecular flexibility index (Phi) is 5.86. The van der Waals surface area contributed by atoms with Crippen molar-refractivity contribution in [1.29, 1.82) is 0 Å². The monoisotopic (exact) mass is 300 g/mol. The lowest BCUT2D eigenvalue weighted by atomic mass is 10.2. The first-order valence-corrected chi connectivity index (χ1v) is 6.31. The summed E-state index contributed by atoms with van der Waals surface area (Å²) in [4.78, 5) is 24.6. The maximum Gasteiger partial charge on any atom is 0.240 e. The first kappa shape index (κ1) is 15.5. The van der Waals surface area contributed by atoms with Crippen LogP contribution in [-0.2, 0) is 9.59 Å². The van der Waals surface area contributed by atoms with Crippen LogP contribution in [0.5, 0.6) is 0 Å². The molecular formula is C13H14Cl2N2O2. The molecule has 0 heterocycles. The Bertz CT molecular complexity index is 483. The van der Waals surface area contributed by atoms with Gasteiger partial charge in [-0.3, -0.25) is 9.59 Å². The van der Waals surface area contributed by atoms with E-state index in [4.69, 9.17) is 23.2 Å². The van der Waals surface area contributed by atoms with Crippen molar-refractivity contribution in [3.05, 3.63) is 40.9 Å². The van der Waals surface area contributed by atoms with Crippen LogP contribution in [0.25, 0.3) is 0 Å². The van der Waals surface area contributed by atoms with Crippen LogP contribution >= 0.6 is 23.2 Å². The van der Waals surface area contributed by atoms with Crippen molar-refractivity contribution in [2.45, 2.75) is 6.92 Å². The second-order valence-corrected chi connectivity index (χ2v) is 4.70. The molecule has 0 aromatic heterocycles. The number of anilines is 1. The van der Waals surface area contributed by atoms with Crippen LogP contribution in [0.2, 0.25) is 10.0 Å². The van der Waals surface area contributed by atoms with Gasteiger partial charge in [-0.15, -0.1) is 6.58 Å². The predicted octanol–water partition coefficient (Wildman–Crippen LogP) is 2.65.